The normalized spacial score (nSPS) is 11.8. The van der Waals surface area contributed by atoms with Gasteiger partial charge in [0.2, 0.25) is 0 Å². The van der Waals surface area contributed by atoms with Crippen molar-refractivity contribution in [2.75, 3.05) is 13.7 Å². The smallest absolute Gasteiger partial charge is 0.262 e. The van der Waals surface area contributed by atoms with Crippen LogP contribution in [0.3, 0.4) is 0 Å². The van der Waals surface area contributed by atoms with Gasteiger partial charge in [-0.3, -0.25) is 9.59 Å². The van der Waals surface area contributed by atoms with Crippen LogP contribution >= 0.6 is 34.2 Å². The SMILES string of the molecule is C=CCOc1c(I)cc(C=NNC(=O)C(NC(=O)c2ccc(Cl)cc2)C(C)C)cc1OC. The summed E-state index contributed by atoms with van der Waals surface area (Å²) in [6, 6.07) is 9.27. The Morgan fingerprint density at radius 2 is 1.94 bits per heavy atom. The summed E-state index contributed by atoms with van der Waals surface area (Å²) >= 11 is 8.00. The van der Waals surface area contributed by atoms with Gasteiger partial charge < -0.3 is 14.8 Å². The third-order valence-corrected chi connectivity index (χ3v) is 5.38. The van der Waals surface area contributed by atoms with Crippen LogP contribution in [0.2, 0.25) is 5.02 Å². The molecular formula is C23H25ClIN3O4. The fraction of sp³-hybridized carbons (Fsp3) is 0.261. The first-order valence-corrected chi connectivity index (χ1v) is 11.2. The number of halogens is 2. The molecule has 0 saturated carbocycles. The molecule has 2 rings (SSSR count). The second-order valence-electron chi connectivity index (χ2n) is 7.07. The van der Waals surface area contributed by atoms with Gasteiger partial charge >= 0.3 is 0 Å². The lowest BCUT2D eigenvalue weighted by atomic mass is 10.0. The van der Waals surface area contributed by atoms with E-state index in [0.29, 0.717) is 34.3 Å². The average Bonchev–Trinajstić information content (AvgIpc) is 2.76. The third kappa shape index (κ3) is 7.23. The lowest BCUT2D eigenvalue weighted by Crippen LogP contribution is -2.48. The van der Waals surface area contributed by atoms with E-state index in [1.54, 1.807) is 43.5 Å². The van der Waals surface area contributed by atoms with E-state index < -0.39 is 11.9 Å². The van der Waals surface area contributed by atoms with Crippen molar-refractivity contribution in [3.63, 3.8) is 0 Å². The number of benzene rings is 2. The molecule has 0 saturated heterocycles. The monoisotopic (exact) mass is 569 g/mol. The third-order valence-electron chi connectivity index (χ3n) is 4.33. The molecule has 9 heteroatoms. The summed E-state index contributed by atoms with van der Waals surface area (Å²) < 4.78 is 11.8. The number of carbonyl (C=O) groups is 2. The first kappa shape index (κ1) is 25.7. The van der Waals surface area contributed by atoms with Crippen molar-refractivity contribution in [2.45, 2.75) is 19.9 Å². The van der Waals surface area contributed by atoms with Crippen molar-refractivity contribution in [1.29, 1.82) is 0 Å². The Hall–Kier alpha value is -2.59. The van der Waals surface area contributed by atoms with Crippen LogP contribution < -0.4 is 20.2 Å². The minimum absolute atomic E-state index is 0.149. The highest BCUT2D eigenvalue weighted by Gasteiger charge is 2.24. The van der Waals surface area contributed by atoms with Crippen LogP contribution in [0.5, 0.6) is 11.5 Å². The molecule has 0 aromatic heterocycles. The van der Waals surface area contributed by atoms with Crippen LogP contribution in [0.15, 0.2) is 54.2 Å². The summed E-state index contributed by atoms with van der Waals surface area (Å²) in [5.74, 6) is 0.213. The maximum Gasteiger partial charge on any atom is 0.262 e. The molecule has 1 atom stereocenters. The topological polar surface area (TPSA) is 89.0 Å². The molecule has 0 fully saturated rings. The van der Waals surface area contributed by atoms with Crippen LogP contribution in [0, 0.1) is 9.49 Å². The standard InChI is InChI=1S/C23H25ClIN3O4/c1-5-10-32-21-18(25)11-15(12-19(21)31-4)13-26-28-23(30)20(14(2)3)27-22(29)16-6-8-17(24)9-7-16/h5-9,11-14,20H,1,10H2,2-4H3,(H,27,29)(H,28,30). The number of ether oxygens (including phenoxy) is 2. The molecule has 0 radical (unpaired) electrons. The van der Waals surface area contributed by atoms with Gasteiger partial charge in [-0.2, -0.15) is 5.10 Å². The lowest BCUT2D eigenvalue weighted by molar-refractivity contribution is -0.123. The van der Waals surface area contributed by atoms with Crippen molar-refractivity contribution >= 4 is 52.2 Å². The minimum atomic E-state index is -0.764. The molecule has 0 spiro atoms. The van der Waals surface area contributed by atoms with Crippen LogP contribution in [0.25, 0.3) is 0 Å². The van der Waals surface area contributed by atoms with E-state index in [1.165, 1.54) is 6.21 Å². The molecule has 2 aromatic rings. The Morgan fingerprint density at radius 1 is 1.25 bits per heavy atom. The number of nitrogens with one attached hydrogen (secondary N) is 2. The van der Waals surface area contributed by atoms with E-state index >= 15 is 0 Å². The molecule has 32 heavy (non-hydrogen) atoms. The molecule has 0 heterocycles. The average molecular weight is 570 g/mol. The summed E-state index contributed by atoms with van der Waals surface area (Å²) in [5, 5.41) is 7.31. The van der Waals surface area contributed by atoms with E-state index in [1.807, 2.05) is 19.9 Å². The molecular weight excluding hydrogens is 545 g/mol. The molecule has 0 aliphatic heterocycles. The van der Waals surface area contributed by atoms with Crippen molar-refractivity contribution in [3.05, 3.63) is 68.8 Å². The van der Waals surface area contributed by atoms with Gasteiger partial charge in [-0.1, -0.05) is 38.1 Å². The van der Waals surface area contributed by atoms with Crippen LogP contribution in [-0.2, 0) is 4.79 Å². The lowest BCUT2D eigenvalue weighted by Gasteiger charge is -2.20. The minimum Gasteiger partial charge on any atom is -0.493 e. The van der Waals surface area contributed by atoms with Gasteiger partial charge in [-0.25, -0.2) is 5.43 Å². The fourth-order valence-electron chi connectivity index (χ4n) is 2.70. The molecule has 2 amide bonds. The van der Waals surface area contributed by atoms with Crippen LogP contribution in [0.1, 0.15) is 29.8 Å². The molecule has 7 nitrogen and oxygen atoms in total. The maximum atomic E-state index is 12.6. The van der Waals surface area contributed by atoms with E-state index in [0.717, 1.165) is 3.57 Å². The molecule has 2 aromatic carbocycles. The van der Waals surface area contributed by atoms with Crippen molar-refractivity contribution in [1.82, 2.24) is 10.7 Å². The van der Waals surface area contributed by atoms with Gasteiger partial charge in [0.05, 0.1) is 16.9 Å². The van der Waals surface area contributed by atoms with Gasteiger partial charge in [-0.15, -0.1) is 0 Å². The molecule has 2 N–H and O–H groups in total. The Balaban J connectivity index is 2.07. The number of hydrogen-bond acceptors (Lipinski definition) is 5. The highest BCUT2D eigenvalue weighted by molar-refractivity contribution is 14.1. The molecule has 170 valence electrons. The van der Waals surface area contributed by atoms with E-state index in [4.69, 9.17) is 21.1 Å². The molecule has 0 bridgehead atoms. The van der Waals surface area contributed by atoms with Crippen molar-refractivity contribution < 1.29 is 19.1 Å². The zero-order chi connectivity index (χ0) is 23.7. The number of carbonyl (C=O) groups excluding carboxylic acids is 2. The Morgan fingerprint density at radius 3 is 2.53 bits per heavy atom. The highest BCUT2D eigenvalue weighted by atomic mass is 127. The second-order valence-corrected chi connectivity index (χ2v) is 8.67. The van der Waals surface area contributed by atoms with Crippen molar-refractivity contribution in [3.8, 4) is 11.5 Å². The number of amides is 2. The Bertz CT molecular complexity index is 993. The summed E-state index contributed by atoms with van der Waals surface area (Å²) in [6.07, 6.45) is 3.15. The number of methoxy groups -OCH3 is 1. The van der Waals surface area contributed by atoms with Crippen molar-refractivity contribution in [2.24, 2.45) is 11.0 Å². The molecule has 0 aliphatic rings. The van der Waals surface area contributed by atoms with E-state index in [9.17, 15) is 9.59 Å². The fourth-order valence-corrected chi connectivity index (χ4v) is 3.60. The number of hydrazone groups is 1. The highest BCUT2D eigenvalue weighted by Crippen LogP contribution is 2.33. The first-order valence-electron chi connectivity index (χ1n) is 9.77. The van der Waals surface area contributed by atoms with Gasteiger partial charge in [0.15, 0.2) is 11.5 Å². The Labute approximate surface area is 206 Å². The van der Waals surface area contributed by atoms with Gasteiger partial charge in [0, 0.05) is 10.6 Å². The summed E-state index contributed by atoms with van der Waals surface area (Å²) in [7, 11) is 1.55. The van der Waals surface area contributed by atoms with E-state index in [-0.39, 0.29) is 11.8 Å². The number of nitrogens with zero attached hydrogens (tertiary/aromatic N) is 1. The quantitative estimate of drug-likeness (QED) is 0.192. The molecule has 1 unspecified atom stereocenters. The van der Waals surface area contributed by atoms with Crippen LogP contribution in [0.4, 0.5) is 0 Å². The van der Waals surface area contributed by atoms with Gasteiger partial charge in [0.25, 0.3) is 11.8 Å². The van der Waals surface area contributed by atoms with Crippen LogP contribution in [-0.4, -0.2) is 37.8 Å². The van der Waals surface area contributed by atoms with E-state index in [2.05, 4.69) is 45.0 Å². The zero-order valence-electron chi connectivity index (χ0n) is 18.0. The van der Waals surface area contributed by atoms with Gasteiger partial charge in [0.1, 0.15) is 12.6 Å². The number of hydrogen-bond donors (Lipinski definition) is 2. The summed E-state index contributed by atoms with van der Waals surface area (Å²) in [5.41, 5.74) is 3.62. The predicted molar refractivity (Wildman–Crippen MR) is 135 cm³/mol. The summed E-state index contributed by atoms with van der Waals surface area (Å²) in [6.45, 7) is 7.67. The molecule has 0 aliphatic carbocycles. The largest absolute Gasteiger partial charge is 0.493 e. The van der Waals surface area contributed by atoms with Gasteiger partial charge in [-0.05, 0) is 70.5 Å². The maximum absolute atomic E-state index is 12.6. The summed E-state index contributed by atoms with van der Waals surface area (Å²) in [4.78, 5) is 25.1. The zero-order valence-corrected chi connectivity index (χ0v) is 20.9. The Kier molecular flexibility index (Phi) is 9.98. The predicted octanol–water partition coefficient (Wildman–Crippen LogP) is 4.42. The number of rotatable bonds is 10. The second kappa shape index (κ2) is 12.4. The first-order chi connectivity index (χ1) is 15.3.